The zero-order valence-corrected chi connectivity index (χ0v) is 11.2. The van der Waals surface area contributed by atoms with Crippen LogP contribution in [0.15, 0.2) is 0 Å². The Morgan fingerprint density at radius 2 is 2.06 bits per heavy atom. The second-order valence-corrected chi connectivity index (χ2v) is 7.16. The van der Waals surface area contributed by atoms with Gasteiger partial charge in [-0.2, -0.15) is 0 Å². The molecular weight excluding hydrogens is 226 g/mol. The van der Waals surface area contributed by atoms with Crippen molar-refractivity contribution in [3.05, 3.63) is 0 Å². The molecule has 5 heteroatoms. The lowest BCUT2D eigenvalue weighted by atomic mass is 9.90. The smallest absolute Gasteiger partial charge is 0.211 e. The van der Waals surface area contributed by atoms with Crippen LogP contribution in [0.2, 0.25) is 0 Å². The zero-order valence-electron chi connectivity index (χ0n) is 10.4. The third kappa shape index (κ3) is 4.03. The van der Waals surface area contributed by atoms with E-state index in [4.69, 9.17) is 0 Å². The molecule has 0 amide bonds. The van der Waals surface area contributed by atoms with Crippen molar-refractivity contribution >= 4 is 10.0 Å². The van der Waals surface area contributed by atoms with Crippen LogP contribution in [-0.4, -0.2) is 43.3 Å². The number of piperidine rings is 1. The second-order valence-electron chi connectivity index (χ2n) is 5.18. The Hall–Kier alpha value is -0.130. The molecule has 1 rings (SSSR count). The van der Waals surface area contributed by atoms with E-state index in [1.54, 1.807) is 0 Å². The van der Waals surface area contributed by atoms with Crippen molar-refractivity contribution in [2.45, 2.75) is 39.2 Å². The van der Waals surface area contributed by atoms with Crippen molar-refractivity contribution < 1.29 is 13.5 Å². The lowest BCUT2D eigenvalue weighted by Crippen LogP contribution is -2.40. The Morgan fingerprint density at radius 3 is 2.56 bits per heavy atom. The van der Waals surface area contributed by atoms with Gasteiger partial charge in [0.15, 0.2) is 0 Å². The Labute approximate surface area is 98.7 Å². The molecule has 1 aliphatic rings. The van der Waals surface area contributed by atoms with E-state index in [-0.39, 0.29) is 12.0 Å². The van der Waals surface area contributed by atoms with E-state index in [1.807, 2.05) is 13.8 Å². The monoisotopic (exact) mass is 249 g/mol. The fraction of sp³-hybridized carbons (Fsp3) is 1.00. The number of hydrogen-bond acceptors (Lipinski definition) is 3. The first-order valence-corrected chi connectivity index (χ1v) is 7.78. The first-order valence-electron chi connectivity index (χ1n) is 5.94. The quantitative estimate of drug-likeness (QED) is 0.810. The van der Waals surface area contributed by atoms with Gasteiger partial charge in [-0.25, -0.2) is 12.7 Å². The van der Waals surface area contributed by atoms with E-state index in [0.717, 1.165) is 12.8 Å². The molecule has 0 aliphatic carbocycles. The highest BCUT2D eigenvalue weighted by Crippen LogP contribution is 2.24. The molecule has 96 valence electrons. The molecule has 1 fully saturated rings. The Kier molecular flexibility index (Phi) is 4.76. The lowest BCUT2D eigenvalue weighted by Gasteiger charge is -2.32. The second kappa shape index (κ2) is 5.47. The molecule has 1 saturated heterocycles. The Balaban J connectivity index is 2.51. The Bertz CT molecular complexity index is 313. The fourth-order valence-corrected chi connectivity index (χ4v) is 3.08. The predicted molar refractivity (Wildman–Crippen MR) is 64.6 cm³/mol. The molecule has 1 N–H and O–H groups in total. The summed E-state index contributed by atoms with van der Waals surface area (Å²) in [5.41, 5.74) is 0. The minimum Gasteiger partial charge on any atom is -0.393 e. The van der Waals surface area contributed by atoms with Gasteiger partial charge in [0.1, 0.15) is 0 Å². The normalized spacial score (nSPS) is 25.9. The average molecular weight is 249 g/mol. The van der Waals surface area contributed by atoms with Crippen molar-refractivity contribution in [1.82, 2.24) is 4.31 Å². The number of sulfonamides is 1. The van der Waals surface area contributed by atoms with Crippen LogP contribution in [-0.2, 0) is 10.0 Å². The van der Waals surface area contributed by atoms with Crippen LogP contribution in [0.3, 0.4) is 0 Å². The SMILES string of the molecule is CC(C)C(O)CC1CCCN(S(C)(=O)=O)C1. The topological polar surface area (TPSA) is 57.6 Å². The molecule has 4 nitrogen and oxygen atoms in total. The first-order chi connectivity index (χ1) is 7.30. The summed E-state index contributed by atoms with van der Waals surface area (Å²) in [6.45, 7) is 5.18. The van der Waals surface area contributed by atoms with Gasteiger partial charge < -0.3 is 5.11 Å². The summed E-state index contributed by atoms with van der Waals surface area (Å²) in [6.07, 6.45) is 3.58. The van der Waals surface area contributed by atoms with Crippen molar-refractivity contribution in [2.75, 3.05) is 19.3 Å². The molecule has 0 aromatic rings. The molecule has 0 bridgehead atoms. The summed E-state index contributed by atoms with van der Waals surface area (Å²) in [4.78, 5) is 0. The number of hydrogen-bond donors (Lipinski definition) is 1. The maximum Gasteiger partial charge on any atom is 0.211 e. The molecule has 16 heavy (non-hydrogen) atoms. The van der Waals surface area contributed by atoms with Crippen molar-refractivity contribution in [2.24, 2.45) is 11.8 Å². The highest BCUT2D eigenvalue weighted by Gasteiger charge is 2.27. The van der Waals surface area contributed by atoms with Gasteiger partial charge in [0, 0.05) is 13.1 Å². The van der Waals surface area contributed by atoms with E-state index in [9.17, 15) is 13.5 Å². The molecule has 0 radical (unpaired) electrons. The molecule has 0 spiro atoms. The number of nitrogens with zero attached hydrogens (tertiary/aromatic N) is 1. The van der Waals surface area contributed by atoms with E-state index in [2.05, 4.69) is 0 Å². The van der Waals surface area contributed by atoms with E-state index >= 15 is 0 Å². The maximum atomic E-state index is 11.4. The van der Waals surface area contributed by atoms with Crippen LogP contribution >= 0.6 is 0 Å². The predicted octanol–water partition coefficient (Wildman–Crippen LogP) is 1.06. The van der Waals surface area contributed by atoms with Crippen LogP contribution in [0.25, 0.3) is 0 Å². The molecular formula is C11H23NO3S. The number of aliphatic hydroxyl groups is 1. The Morgan fingerprint density at radius 1 is 1.44 bits per heavy atom. The van der Waals surface area contributed by atoms with Gasteiger partial charge in [0.2, 0.25) is 10.0 Å². The molecule has 0 aromatic heterocycles. The summed E-state index contributed by atoms with van der Waals surface area (Å²) in [5.74, 6) is 0.550. The molecule has 1 aliphatic heterocycles. The van der Waals surface area contributed by atoms with Gasteiger partial charge in [-0.3, -0.25) is 0 Å². The van der Waals surface area contributed by atoms with Crippen LogP contribution in [0, 0.1) is 11.8 Å². The van der Waals surface area contributed by atoms with Crippen LogP contribution in [0.1, 0.15) is 33.1 Å². The summed E-state index contributed by atoms with van der Waals surface area (Å²) in [7, 11) is -3.06. The van der Waals surface area contributed by atoms with Crippen LogP contribution in [0.5, 0.6) is 0 Å². The summed E-state index contributed by atoms with van der Waals surface area (Å²) >= 11 is 0. The van der Waals surface area contributed by atoms with Crippen molar-refractivity contribution in [3.63, 3.8) is 0 Å². The lowest BCUT2D eigenvalue weighted by molar-refractivity contribution is 0.0838. The van der Waals surface area contributed by atoms with E-state index in [1.165, 1.54) is 10.6 Å². The van der Waals surface area contributed by atoms with E-state index in [0.29, 0.717) is 25.4 Å². The molecule has 2 atom stereocenters. The molecule has 2 unspecified atom stereocenters. The van der Waals surface area contributed by atoms with Gasteiger partial charge in [-0.05, 0) is 31.1 Å². The number of rotatable bonds is 4. The highest BCUT2D eigenvalue weighted by atomic mass is 32.2. The highest BCUT2D eigenvalue weighted by molar-refractivity contribution is 7.88. The van der Waals surface area contributed by atoms with Crippen molar-refractivity contribution in [1.29, 1.82) is 0 Å². The van der Waals surface area contributed by atoms with Gasteiger partial charge in [-0.1, -0.05) is 13.8 Å². The van der Waals surface area contributed by atoms with Gasteiger partial charge in [0.05, 0.1) is 12.4 Å². The standard InChI is InChI=1S/C11H23NO3S/c1-9(2)11(13)7-10-5-4-6-12(8-10)16(3,14)15/h9-11,13H,4-8H2,1-3H3. The molecule has 0 aromatic carbocycles. The third-order valence-electron chi connectivity index (χ3n) is 3.30. The average Bonchev–Trinajstić information content (AvgIpc) is 2.16. The van der Waals surface area contributed by atoms with Gasteiger partial charge >= 0.3 is 0 Å². The summed E-state index contributed by atoms with van der Waals surface area (Å²) in [6, 6.07) is 0. The minimum absolute atomic E-state index is 0.244. The first kappa shape index (κ1) is 13.9. The molecule has 0 saturated carbocycles. The van der Waals surface area contributed by atoms with Gasteiger partial charge in [0.25, 0.3) is 0 Å². The van der Waals surface area contributed by atoms with E-state index < -0.39 is 10.0 Å². The fourth-order valence-electron chi connectivity index (χ4n) is 2.13. The summed E-state index contributed by atoms with van der Waals surface area (Å²) < 4.78 is 24.4. The minimum atomic E-state index is -3.06. The third-order valence-corrected chi connectivity index (χ3v) is 4.56. The summed E-state index contributed by atoms with van der Waals surface area (Å²) in [5, 5.41) is 9.80. The van der Waals surface area contributed by atoms with Crippen LogP contribution < -0.4 is 0 Å². The van der Waals surface area contributed by atoms with Crippen molar-refractivity contribution in [3.8, 4) is 0 Å². The maximum absolute atomic E-state index is 11.4. The largest absolute Gasteiger partial charge is 0.393 e. The van der Waals surface area contributed by atoms with Gasteiger partial charge in [-0.15, -0.1) is 0 Å². The molecule has 1 heterocycles. The van der Waals surface area contributed by atoms with Crippen LogP contribution in [0.4, 0.5) is 0 Å². The zero-order chi connectivity index (χ0) is 12.3. The number of aliphatic hydroxyl groups excluding tert-OH is 1.